The molecule has 2 heterocycles. The molecule has 0 aromatic carbocycles. The molecule has 0 spiro atoms. The molecule has 1 fully saturated rings. The molecule has 1 aromatic rings. The molecular formula is C12H18N2O. The number of aromatic nitrogens is 1. The van der Waals surface area contributed by atoms with E-state index in [0.717, 1.165) is 31.5 Å². The van der Waals surface area contributed by atoms with Gasteiger partial charge in [0.1, 0.15) is 0 Å². The molecule has 3 heteroatoms. The van der Waals surface area contributed by atoms with Crippen LogP contribution in [-0.2, 0) is 0 Å². The van der Waals surface area contributed by atoms with Gasteiger partial charge in [-0.2, -0.15) is 0 Å². The summed E-state index contributed by atoms with van der Waals surface area (Å²) in [5.41, 5.74) is 1.02. The fraction of sp³-hybridized carbons (Fsp3) is 0.583. The van der Waals surface area contributed by atoms with Crippen molar-refractivity contribution in [1.82, 2.24) is 9.47 Å². The molecule has 3 nitrogen and oxygen atoms in total. The van der Waals surface area contributed by atoms with Crippen LogP contribution < -0.4 is 5.56 Å². The van der Waals surface area contributed by atoms with E-state index in [-0.39, 0.29) is 5.56 Å². The molecule has 1 aliphatic heterocycles. The Hall–Kier alpha value is -1.09. The second-order valence-corrected chi connectivity index (χ2v) is 4.44. The first-order chi connectivity index (χ1) is 7.18. The number of hydrogen-bond acceptors (Lipinski definition) is 2. The van der Waals surface area contributed by atoms with Gasteiger partial charge >= 0.3 is 0 Å². The zero-order valence-electron chi connectivity index (χ0n) is 9.44. The predicted molar refractivity (Wildman–Crippen MR) is 61.2 cm³/mol. The van der Waals surface area contributed by atoms with E-state index in [0.29, 0.717) is 6.04 Å². The quantitative estimate of drug-likeness (QED) is 0.694. The van der Waals surface area contributed by atoms with Crippen LogP contribution >= 0.6 is 0 Å². The van der Waals surface area contributed by atoms with Crippen LogP contribution in [0.3, 0.4) is 0 Å². The smallest absolute Gasteiger partial charge is 0.253 e. The Morgan fingerprint density at radius 1 is 1.33 bits per heavy atom. The number of aryl methyl sites for hydroxylation is 1. The molecule has 0 saturated carbocycles. The first-order valence-electron chi connectivity index (χ1n) is 5.55. The molecule has 0 bridgehead atoms. The number of pyridine rings is 1. The summed E-state index contributed by atoms with van der Waals surface area (Å²) in [6.45, 7) is 4.06. The third-order valence-electron chi connectivity index (χ3n) is 3.25. The topological polar surface area (TPSA) is 25.2 Å². The molecule has 1 saturated heterocycles. The minimum atomic E-state index is 0.173. The zero-order valence-corrected chi connectivity index (χ0v) is 9.44. The Labute approximate surface area is 90.3 Å². The van der Waals surface area contributed by atoms with E-state index in [1.165, 1.54) is 0 Å². The lowest BCUT2D eigenvalue weighted by atomic mass is 10.0. The standard InChI is InChI=1S/C12H18N2O/c1-10-4-3-7-14(12(10)15)11-5-8-13(2)9-6-11/h3-4,7,11H,5-6,8-9H2,1-2H3. The van der Waals surface area contributed by atoms with E-state index in [2.05, 4.69) is 11.9 Å². The van der Waals surface area contributed by atoms with Crippen molar-refractivity contribution in [1.29, 1.82) is 0 Å². The normalized spacial score (nSPS) is 19.3. The maximum Gasteiger partial charge on any atom is 0.253 e. The summed E-state index contributed by atoms with van der Waals surface area (Å²) in [4.78, 5) is 14.2. The van der Waals surface area contributed by atoms with E-state index in [9.17, 15) is 4.79 Å². The average molecular weight is 206 g/mol. The van der Waals surface area contributed by atoms with Gasteiger partial charge in [0, 0.05) is 17.8 Å². The second-order valence-electron chi connectivity index (χ2n) is 4.44. The van der Waals surface area contributed by atoms with E-state index in [4.69, 9.17) is 0 Å². The SMILES string of the molecule is Cc1cccn(C2CCN(C)CC2)c1=O. The molecule has 0 aliphatic carbocycles. The van der Waals surface area contributed by atoms with Crippen LogP contribution in [0.15, 0.2) is 23.1 Å². The zero-order chi connectivity index (χ0) is 10.8. The Balaban J connectivity index is 2.23. The minimum absolute atomic E-state index is 0.173. The number of piperidine rings is 1. The number of hydrogen-bond donors (Lipinski definition) is 0. The van der Waals surface area contributed by atoms with Crippen LogP contribution in [0.2, 0.25) is 0 Å². The summed E-state index contributed by atoms with van der Waals surface area (Å²) < 4.78 is 1.91. The molecule has 15 heavy (non-hydrogen) atoms. The number of nitrogens with zero attached hydrogens (tertiary/aromatic N) is 2. The van der Waals surface area contributed by atoms with Crippen molar-refractivity contribution in [2.45, 2.75) is 25.8 Å². The fourth-order valence-corrected chi connectivity index (χ4v) is 2.18. The Morgan fingerprint density at radius 2 is 2.00 bits per heavy atom. The highest BCUT2D eigenvalue weighted by Crippen LogP contribution is 2.19. The third-order valence-corrected chi connectivity index (χ3v) is 3.25. The van der Waals surface area contributed by atoms with E-state index >= 15 is 0 Å². The van der Waals surface area contributed by atoms with Gasteiger partial charge in [-0.1, -0.05) is 6.07 Å². The molecule has 0 N–H and O–H groups in total. The Bertz CT molecular complexity index is 389. The van der Waals surface area contributed by atoms with Gasteiger partial charge < -0.3 is 9.47 Å². The summed E-state index contributed by atoms with van der Waals surface area (Å²) in [6.07, 6.45) is 4.09. The molecular weight excluding hydrogens is 188 g/mol. The molecule has 0 unspecified atom stereocenters. The minimum Gasteiger partial charge on any atom is -0.312 e. The molecule has 0 amide bonds. The van der Waals surface area contributed by atoms with Gasteiger partial charge in [0.05, 0.1) is 0 Å². The lowest BCUT2D eigenvalue weighted by Crippen LogP contribution is -2.35. The van der Waals surface area contributed by atoms with Gasteiger partial charge in [0.25, 0.3) is 5.56 Å². The van der Waals surface area contributed by atoms with Crippen molar-refractivity contribution in [3.05, 3.63) is 34.2 Å². The monoisotopic (exact) mass is 206 g/mol. The van der Waals surface area contributed by atoms with Crippen molar-refractivity contribution in [2.75, 3.05) is 20.1 Å². The Morgan fingerprint density at radius 3 is 2.67 bits per heavy atom. The summed E-state index contributed by atoms with van der Waals surface area (Å²) >= 11 is 0. The Kier molecular flexibility index (Phi) is 2.91. The van der Waals surface area contributed by atoms with Crippen molar-refractivity contribution in [2.24, 2.45) is 0 Å². The first-order valence-corrected chi connectivity index (χ1v) is 5.55. The molecule has 0 radical (unpaired) electrons. The van der Waals surface area contributed by atoms with Crippen molar-refractivity contribution >= 4 is 0 Å². The highest BCUT2D eigenvalue weighted by molar-refractivity contribution is 5.08. The van der Waals surface area contributed by atoms with Crippen molar-refractivity contribution < 1.29 is 0 Å². The number of rotatable bonds is 1. The van der Waals surface area contributed by atoms with Crippen molar-refractivity contribution in [3.63, 3.8) is 0 Å². The van der Waals surface area contributed by atoms with Gasteiger partial charge in [-0.25, -0.2) is 0 Å². The van der Waals surface area contributed by atoms with Crippen LogP contribution in [0.1, 0.15) is 24.4 Å². The van der Waals surface area contributed by atoms with E-state index in [1.54, 1.807) is 0 Å². The lowest BCUT2D eigenvalue weighted by Gasteiger charge is -2.30. The van der Waals surface area contributed by atoms with Crippen LogP contribution in [0.25, 0.3) is 0 Å². The molecule has 1 aliphatic rings. The maximum atomic E-state index is 11.9. The third kappa shape index (κ3) is 2.12. The van der Waals surface area contributed by atoms with Crippen LogP contribution in [0.5, 0.6) is 0 Å². The molecule has 0 atom stereocenters. The van der Waals surface area contributed by atoms with Crippen molar-refractivity contribution in [3.8, 4) is 0 Å². The fourth-order valence-electron chi connectivity index (χ4n) is 2.18. The van der Waals surface area contributed by atoms with Crippen LogP contribution in [0.4, 0.5) is 0 Å². The van der Waals surface area contributed by atoms with E-state index in [1.807, 2.05) is 29.8 Å². The predicted octanol–water partition coefficient (Wildman–Crippen LogP) is 1.42. The summed E-state index contributed by atoms with van der Waals surface area (Å²) in [5, 5.41) is 0. The maximum absolute atomic E-state index is 11.9. The van der Waals surface area contributed by atoms with Gasteiger partial charge in [-0.3, -0.25) is 4.79 Å². The highest BCUT2D eigenvalue weighted by atomic mass is 16.1. The van der Waals surface area contributed by atoms with Gasteiger partial charge in [0.2, 0.25) is 0 Å². The van der Waals surface area contributed by atoms with Gasteiger partial charge in [-0.05, 0) is 46.0 Å². The summed E-state index contributed by atoms with van der Waals surface area (Å²) in [5.74, 6) is 0. The average Bonchev–Trinajstić information content (AvgIpc) is 2.24. The van der Waals surface area contributed by atoms with Crippen LogP contribution in [-0.4, -0.2) is 29.6 Å². The number of likely N-dealkylation sites (tertiary alicyclic amines) is 1. The van der Waals surface area contributed by atoms with Gasteiger partial charge in [-0.15, -0.1) is 0 Å². The summed E-state index contributed by atoms with van der Waals surface area (Å²) in [6, 6.07) is 4.25. The summed E-state index contributed by atoms with van der Waals surface area (Å²) in [7, 11) is 2.13. The van der Waals surface area contributed by atoms with Gasteiger partial charge in [0.15, 0.2) is 0 Å². The largest absolute Gasteiger partial charge is 0.312 e. The first kappa shape index (κ1) is 10.4. The highest BCUT2D eigenvalue weighted by Gasteiger charge is 2.18. The molecule has 2 rings (SSSR count). The molecule has 1 aromatic heterocycles. The second kappa shape index (κ2) is 4.19. The van der Waals surface area contributed by atoms with Crippen LogP contribution in [0, 0.1) is 6.92 Å². The molecule has 82 valence electrons. The van der Waals surface area contributed by atoms with E-state index < -0.39 is 0 Å². The lowest BCUT2D eigenvalue weighted by molar-refractivity contribution is 0.218.